The predicted molar refractivity (Wildman–Crippen MR) is 120 cm³/mol. The number of fused-ring (bicyclic) bond motifs is 5. The molecule has 0 amide bonds. The number of aryl methyl sites for hydroxylation is 1. The average molecular weight is 459 g/mol. The molecule has 5 rings (SSSR count). The third-order valence-corrected chi connectivity index (χ3v) is 9.97. The molecule has 0 radical (unpaired) electrons. The van der Waals surface area contributed by atoms with E-state index < -0.39 is 22.1 Å². The molecule has 5 nitrogen and oxygen atoms in total. The molecule has 0 unspecified atom stereocenters. The van der Waals surface area contributed by atoms with Gasteiger partial charge >= 0.3 is 0 Å². The Morgan fingerprint density at radius 1 is 1.09 bits per heavy atom. The van der Waals surface area contributed by atoms with E-state index in [9.17, 15) is 18.0 Å². The van der Waals surface area contributed by atoms with E-state index in [-0.39, 0.29) is 53.1 Å². The third-order valence-electron chi connectivity index (χ3n) is 8.82. The molecular formula is C26H32O5S. The van der Waals surface area contributed by atoms with Crippen molar-refractivity contribution in [2.75, 3.05) is 6.56 Å². The van der Waals surface area contributed by atoms with E-state index in [1.165, 1.54) is 12.1 Å². The van der Waals surface area contributed by atoms with Crippen LogP contribution in [0.2, 0.25) is 0 Å². The Balaban J connectivity index is 1.57. The van der Waals surface area contributed by atoms with E-state index >= 15 is 0 Å². The first kappa shape index (κ1) is 19.7. The van der Waals surface area contributed by atoms with E-state index in [1.54, 1.807) is 12.1 Å². The molecule has 0 aliphatic heterocycles. The van der Waals surface area contributed by atoms with Crippen LogP contribution in [0.25, 0.3) is 0 Å². The summed E-state index contributed by atoms with van der Waals surface area (Å²) < 4.78 is 50.0. The van der Waals surface area contributed by atoms with Crippen molar-refractivity contribution in [3.63, 3.8) is 0 Å². The summed E-state index contributed by atoms with van der Waals surface area (Å²) in [6, 6.07) is 6.17. The Kier molecular flexibility index (Phi) is 4.68. The first-order valence-corrected chi connectivity index (χ1v) is 13.1. The zero-order chi connectivity index (χ0) is 24.5. The van der Waals surface area contributed by atoms with Crippen LogP contribution in [0.15, 0.2) is 40.8 Å². The predicted octanol–water partition coefficient (Wildman–Crippen LogP) is 4.78. The highest BCUT2D eigenvalue weighted by Crippen LogP contribution is 2.64. The Morgan fingerprint density at radius 3 is 2.59 bits per heavy atom. The van der Waals surface area contributed by atoms with Crippen LogP contribution < -0.4 is 0 Å². The molecule has 0 N–H and O–H groups in total. The van der Waals surface area contributed by atoms with Crippen LogP contribution in [-0.4, -0.2) is 26.5 Å². The molecule has 3 saturated carbocycles. The summed E-state index contributed by atoms with van der Waals surface area (Å²) in [4.78, 5) is 25.1. The van der Waals surface area contributed by atoms with Crippen LogP contribution in [-0.2, 0) is 23.9 Å². The van der Waals surface area contributed by atoms with Crippen molar-refractivity contribution in [2.45, 2.75) is 70.1 Å². The summed E-state index contributed by atoms with van der Waals surface area (Å²) in [6.45, 7) is 1.37. The van der Waals surface area contributed by atoms with Gasteiger partial charge in [0.25, 0.3) is 10.1 Å². The lowest BCUT2D eigenvalue weighted by Crippen LogP contribution is -2.53. The van der Waals surface area contributed by atoms with Gasteiger partial charge in [0, 0.05) is 30.1 Å². The van der Waals surface area contributed by atoms with Crippen LogP contribution in [0.4, 0.5) is 0 Å². The van der Waals surface area contributed by atoms with Crippen molar-refractivity contribution in [1.29, 1.82) is 0 Å². The number of carbonyl (C=O) groups excluding carboxylic acids is 2. The monoisotopic (exact) mass is 458 g/mol. The van der Waals surface area contributed by atoms with Gasteiger partial charge in [-0.1, -0.05) is 36.3 Å². The van der Waals surface area contributed by atoms with E-state index in [0.29, 0.717) is 37.0 Å². The second-order valence-corrected chi connectivity index (χ2v) is 11.9. The molecule has 0 spiro atoms. The van der Waals surface area contributed by atoms with Gasteiger partial charge in [-0.15, -0.1) is 0 Å². The van der Waals surface area contributed by atoms with Gasteiger partial charge < -0.3 is 0 Å². The van der Waals surface area contributed by atoms with Crippen molar-refractivity contribution in [1.82, 2.24) is 0 Å². The Morgan fingerprint density at radius 2 is 1.84 bits per heavy atom. The van der Waals surface area contributed by atoms with E-state index in [4.69, 9.17) is 6.92 Å². The van der Waals surface area contributed by atoms with Gasteiger partial charge in [-0.25, -0.2) is 0 Å². The first-order chi connectivity index (χ1) is 15.9. The molecule has 0 saturated heterocycles. The van der Waals surface area contributed by atoms with Crippen LogP contribution >= 0.6 is 0 Å². The summed E-state index contributed by atoms with van der Waals surface area (Å²) in [5.74, 6) is 0.389. The largest absolute Gasteiger partial charge is 0.299 e. The minimum Gasteiger partial charge on any atom is -0.299 e. The molecule has 3 fully saturated rings. The minimum atomic E-state index is -4.37. The maximum atomic E-state index is 13.2. The number of benzene rings is 1. The summed E-state index contributed by atoms with van der Waals surface area (Å²) in [7, 11) is -4.37. The summed E-state index contributed by atoms with van der Waals surface area (Å²) in [6.07, 6.45) is 5.87. The summed E-state index contributed by atoms with van der Waals surface area (Å²) >= 11 is 0. The number of ketones is 2. The van der Waals surface area contributed by atoms with E-state index in [2.05, 4.69) is 0 Å². The molecule has 4 aliphatic carbocycles. The highest BCUT2D eigenvalue weighted by Gasteiger charge is 2.60. The van der Waals surface area contributed by atoms with E-state index in [1.807, 2.05) is 19.9 Å². The van der Waals surface area contributed by atoms with Crippen LogP contribution in [0.3, 0.4) is 0 Å². The first-order valence-electron chi connectivity index (χ1n) is 12.7. The topological polar surface area (TPSA) is 77.5 Å². The zero-order valence-corrected chi connectivity index (χ0v) is 19.5. The van der Waals surface area contributed by atoms with Crippen LogP contribution in [0.1, 0.15) is 66.6 Å². The highest BCUT2D eigenvalue weighted by atomic mass is 32.2. The summed E-state index contributed by atoms with van der Waals surface area (Å²) in [5, 5.41) is 0. The van der Waals surface area contributed by atoms with Gasteiger partial charge in [-0.3, -0.25) is 13.8 Å². The van der Waals surface area contributed by atoms with Gasteiger partial charge in [0.15, 0.2) is 0 Å². The maximum Gasteiger partial charge on any atom is 0.297 e. The fourth-order valence-electron chi connectivity index (χ4n) is 6.99. The van der Waals surface area contributed by atoms with Crippen LogP contribution in [0, 0.1) is 35.5 Å². The van der Waals surface area contributed by atoms with Gasteiger partial charge in [-0.2, -0.15) is 8.42 Å². The fraction of sp³-hybridized carbons (Fsp3) is 0.615. The molecule has 0 aromatic heterocycles. The highest BCUT2D eigenvalue weighted by molar-refractivity contribution is 7.86. The third kappa shape index (κ3) is 3.33. The SMILES string of the molecule is [2H]C([2H])(OS(=O)(=O)c1ccc(C)cc1)[C@]12CCC(=O)CC1=CC[C@H]1[C@@H]3CCC(=O)[C@@]3(C)CC[C@@H]12. The summed E-state index contributed by atoms with van der Waals surface area (Å²) in [5.41, 5.74) is -0.0148. The fourth-order valence-corrected chi connectivity index (χ4v) is 7.81. The molecule has 172 valence electrons. The molecular weight excluding hydrogens is 424 g/mol. The molecule has 4 aliphatic rings. The second kappa shape index (κ2) is 7.63. The lowest BCUT2D eigenvalue weighted by Gasteiger charge is -2.56. The minimum absolute atomic E-state index is 0.0502. The lowest BCUT2D eigenvalue weighted by atomic mass is 9.48. The van der Waals surface area contributed by atoms with E-state index in [0.717, 1.165) is 12.0 Å². The quantitative estimate of drug-likeness (QED) is 0.479. The molecule has 32 heavy (non-hydrogen) atoms. The smallest absolute Gasteiger partial charge is 0.297 e. The number of Topliss-reactive ketones (excluding diaryl/α,β-unsaturated/α-hetero) is 2. The standard InChI is InChI=1S/C26H32O5S/c1-17-3-6-20(7-4-17)32(29,30)31-16-26-14-11-19(27)15-18(26)5-8-21-22-9-10-24(28)25(22,2)13-12-23(21)26/h3-7,21-23H,8-16H2,1-2H3/t21-,22-,23-,25-,26+/m0/s1/i16D2. The maximum absolute atomic E-state index is 13.2. The molecule has 1 aromatic rings. The molecule has 5 atom stereocenters. The molecule has 0 bridgehead atoms. The van der Waals surface area contributed by atoms with Crippen molar-refractivity contribution in [3.8, 4) is 0 Å². The van der Waals surface area contributed by atoms with Gasteiger partial charge in [0.2, 0.25) is 0 Å². The van der Waals surface area contributed by atoms with Crippen molar-refractivity contribution < 1.29 is 24.9 Å². The average Bonchev–Trinajstić information content (AvgIpc) is 3.07. The van der Waals surface area contributed by atoms with Crippen molar-refractivity contribution in [3.05, 3.63) is 41.5 Å². The zero-order valence-electron chi connectivity index (χ0n) is 20.7. The number of hydrogen-bond acceptors (Lipinski definition) is 5. The number of carbonyl (C=O) groups is 2. The number of allylic oxidation sites excluding steroid dienone is 1. The van der Waals surface area contributed by atoms with Gasteiger partial charge in [0.1, 0.15) is 11.6 Å². The Hall–Kier alpha value is -1.79. The second-order valence-electron chi connectivity index (χ2n) is 10.4. The molecule has 0 heterocycles. The van der Waals surface area contributed by atoms with Gasteiger partial charge in [-0.05, 0) is 68.9 Å². The van der Waals surface area contributed by atoms with Gasteiger partial charge in [0.05, 0.1) is 14.2 Å². The van der Waals surface area contributed by atoms with Crippen molar-refractivity contribution >= 4 is 21.7 Å². The van der Waals surface area contributed by atoms with Crippen molar-refractivity contribution in [2.24, 2.45) is 28.6 Å². The number of rotatable bonds is 4. The Labute approximate surface area is 193 Å². The Bertz CT molecular complexity index is 1170. The van der Waals surface area contributed by atoms with Crippen LogP contribution in [0.5, 0.6) is 0 Å². The number of hydrogen-bond donors (Lipinski definition) is 0. The lowest BCUT2D eigenvalue weighted by molar-refractivity contribution is -0.133. The molecule has 1 aromatic carbocycles. The normalized spacial score (nSPS) is 38.2. The molecule has 6 heteroatoms.